The maximum Gasteiger partial charge on any atom is 0.0784 e. The first-order valence-electron chi connectivity index (χ1n) is 7.08. The number of nitrogens with two attached hydrogens (primary N) is 1. The van der Waals surface area contributed by atoms with Gasteiger partial charge in [-0.3, -0.25) is 4.90 Å². The first-order valence-corrected chi connectivity index (χ1v) is 7.49. The minimum absolute atomic E-state index is 0.0109. The monoisotopic (exact) mass is 276 g/mol. The molecule has 0 aromatic heterocycles. The summed E-state index contributed by atoms with van der Waals surface area (Å²) in [6, 6.07) is 8.78. The minimum Gasteiger partial charge on any atom is -0.393 e. The summed E-state index contributed by atoms with van der Waals surface area (Å²) < 4.78 is 0. The highest BCUT2D eigenvalue weighted by atomic mass is 32.1. The van der Waals surface area contributed by atoms with Gasteiger partial charge in [0.25, 0.3) is 0 Å². The van der Waals surface area contributed by atoms with E-state index in [2.05, 4.69) is 43.0 Å². The number of nitrogens with zero attached hydrogens (tertiary/aromatic N) is 1. The summed E-state index contributed by atoms with van der Waals surface area (Å²) in [7, 11) is 0. The lowest BCUT2D eigenvalue weighted by Crippen LogP contribution is -2.34. The number of rotatable bonds is 5. The van der Waals surface area contributed by atoms with Crippen molar-refractivity contribution in [2.45, 2.75) is 39.7 Å². The van der Waals surface area contributed by atoms with Gasteiger partial charge < -0.3 is 5.73 Å². The van der Waals surface area contributed by atoms with E-state index in [1.807, 2.05) is 0 Å². The quantitative estimate of drug-likeness (QED) is 0.838. The van der Waals surface area contributed by atoms with Crippen molar-refractivity contribution in [3.05, 3.63) is 35.4 Å². The maximum atomic E-state index is 5.77. The van der Waals surface area contributed by atoms with Crippen molar-refractivity contribution in [3.63, 3.8) is 0 Å². The number of thiocarbonyl (C=S) groups is 1. The van der Waals surface area contributed by atoms with E-state index >= 15 is 0 Å². The van der Waals surface area contributed by atoms with E-state index in [1.165, 1.54) is 24.1 Å². The van der Waals surface area contributed by atoms with E-state index in [0.717, 1.165) is 25.9 Å². The molecule has 2 N–H and O–H groups in total. The third-order valence-corrected chi connectivity index (χ3v) is 4.71. The molecule has 3 heteroatoms. The average molecular weight is 276 g/mol. The summed E-state index contributed by atoms with van der Waals surface area (Å²) >= 11 is 5.12. The molecular weight excluding hydrogens is 252 g/mol. The predicted octanol–water partition coefficient (Wildman–Crippen LogP) is 3.14. The molecule has 0 fully saturated rings. The van der Waals surface area contributed by atoms with E-state index in [1.54, 1.807) is 0 Å². The zero-order valence-electron chi connectivity index (χ0n) is 12.0. The van der Waals surface area contributed by atoms with Gasteiger partial charge in [0.1, 0.15) is 0 Å². The zero-order chi connectivity index (χ0) is 13.9. The molecule has 0 amide bonds. The Morgan fingerprint density at radius 3 is 2.68 bits per heavy atom. The fraction of sp³-hybridized carbons (Fsp3) is 0.562. The van der Waals surface area contributed by atoms with Crippen LogP contribution in [-0.4, -0.2) is 23.0 Å². The van der Waals surface area contributed by atoms with Crippen LogP contribution in [0.5, 0.6) is 0 Å². The van der Waals surface area contributed by atoms with Gasteiger partial charge in [-0.1, -0.05) is 50.3 Å². The Morgan fingerprint density at radius 2 is 2.00 bits per heavy atom. The van der Waals surface area contributed by atoms with Crippen LogP contribution >= 0.6 is 12.2 Å². The van der Waals surface area contributed by atoms with Crippen molar-refractivity contribution in [1.82, 2.24) is 4.90 Å². The van der Waals surface area contributed by atoms with Gasteiger partial charge in [-0.25, -0.2) is 0 Å². The van der Waals surface area contributed by atoms with E-state index in [9.17, 15) is 0 Å². The Labute approximate surface area is 122 Å². The van der Waals surface area contributed by atoms with Gasteiger partial charge in [-0.05, 0) is 36.9 Å². The topological polar surface area (TPSA) is 29.3 Å². The van der Waals surface area contributed by atoms with Gasteiger partial charge in [-0.2, -0.15) is 0 Å². The lowest BCUT2D eigenvalue weighted by molar-refractivity contribution is 0.240. The molecule has 0 saturated carbocycles. The zero-order valence-corrected chi connectivity index (χ0v) is 12.8. The normalized spacial score (nSPS) is 16.1. The Bertz CT molecular complexity index is 454. The molecule has 19 heavy (non-hydrogen) atoms. The van der Waals surface area contributed by atoms with Gasteiger partial charge in [0, 0.05) is 18.5 Å². The lowest BCUT2D eigenvalue weighted by atomic mass is 9.87. The van der Waals surface area contributed by atoms with Gasteiger partial charge in [0.05, 0.1) is 4.99 Å². The number of hydrogen-bond donors (Lipinski definition) is 1. The standard InChI is InChI=1S/C16H24N2S/c1-16(2,15(17)19)9-5-10-18-11-8-13-6-3-4-7-14(13)12-18/h3-4,6-7H,5,8-12H2,1-2H3,(H2,17,19). The molecule has 1 aromatic rings. The average Bonchev–Trinajstić information content (AvgIpc) is 2.38. The van der Waals surface area contributed by atoms with Crippen LogP contribution in [0.1, 0.15) is 37.8 Å². The molecule has 2 nitrogen and oxygen atoms in total. The van der Waals surface area contributed by atoms with Crippen LogP contribution in [0.4, 0.5) is 0 Å². The lowest BCUT2D eigenvalue weighted by Gasteiger charge is -2.30. The van der Waals surface area contributed by atoms with Crippen LogP contribution in [-0.2, 0) is 13.0 Å². The second kappa shape index (κ2) is 6.02. The van der Waals surface area contributed by atoms with Crippen molar-refractivity contribution in [2.24, 2.45) is 11.1 Å². The minimum atomic E-state index is -0.0109. The van der Waals surface area contributed by atoms with Crippen LogP contribution in [0.2, 0.25) is 0 Å². The third-order valence-electron chi connectivity index (χ3n) is 4.15. The molecule has 104 valence electrons. The molecule has 0 aliphatic carbocycles. The van der Waals surface area contributed by atoms with Gasteiger partial charge in [-0.15, -0.1) is 0 Å². The smallest absolute Gasteiger partial charge is 0.0784 e. The summed E-state index contributed by atoms with van der Waals surface area (Å²) in [6.45, 7) is 7.68. The summed E-state index contributed by atoms with van der Waals surface area (Å²) in [5.74, 6) is 0. The molecule has 0 spiro atoms. The van der Waals surface area contributed by atoms with Crippen molar-refractivity contribution >= 4 is 17.2 Å². The van der Waals surface area contributed by atoms with E-state index < -0.39 is 0 Å². The van der Waals surface area contributed by atoms with Crippen LogP contribution < -0.4 is 5.73 Å². The summed E-state index contributed by atoms with van der Waals surface area (Å²) in [5.41, 5.74) is 8.76. The largest absolute Gasteiger partial charge is 0.393 e. The summed E-state index contributed by atoms with van der Waals surface area (Å²) in [4.78, 5) is 3.18. The Morgan fingerprint density at radius 1 is 1.32 bits per heavy atom. The van der Waals surface area contributed by atoms with Crippen LogP contribution in [0.25, 0.3) is 0 Å². The fourth-order valence-electron chi connectivity index (χ4n) is 2.61. The van der Waals surface area contributed by atoms with Crippen LogP contribution in [0.15, 0.2) is 24.3 Å². The molecule has 1 heterocycles. The van der Waals surface area contributed by atoms with Crippen LogP contribution in [0.3, 0.4) is 0 Å². The summed E-state index contributed by atoms with van der Waals surface area (Å²) in [5, 5.41) is 0. The second-order valence-electron chi connectivity index (χ2n) is 6.15. The number of fused-ring (bicyclic) bond motifs is 1. The third kappa shape index (κ3) is 3.77. The van der Waals surface area contributed by atoms with Crippen LogP contribution in [0, 0.1) is 5.41 Å². The highest BCUT2D eigenvalue weighted by Gasteiger charge is 2.22. The predicted molar refractivity (Wildman–Crippen MR) is 85.2 cm³/mol. The SMILES string of the molecule is CC(C)(CCCN1CCc2ccccc2C1)C(N)=S. The van der Waals surface area contributed by atoms with Crippen molar-refractivity contribution in [3.8, 4) is 0 Å². The van der Waals surface area contributed by atoms with Gasteiger partial charge in [0.2, 0.25) is 0 Å². The Kier molecular flexibility index (Phi) is 4.58. The molecule has 1 aromatic carbocycles. The Hall–Kier alpha value is -0.930. The molecule has 2 rings (SSSR count). The summed E-state index contributed by atoms with van der Waals surface area (Å²) in [6.07, 6.45) is 3.40. The first-order chi connectivity index (χ1) is 8.99. The van der Waals surface area contributed by atoms with E-state index in [-0.39, 0.29) is 5.41 Å². The van der Waals surface area contributed by atoms with Crippen molar-refractivity contribution in [2.75, 3.05) is 13.1 Å². The van der Waals surface area contributed by atoms with Gasteiger partial charge in [0.15, 0.2) is 0 Å². The molecule has 0 unspecified atom stereocenters. The van der Waals surface area contributed by atoms with E-state index in [4.69, 9.17) is 18.0 Å². The van der Waals surface area contributed by atoms with Crippen molar-refractivity contribution < 1.29 is 0 Å². The highest BCUT2D eigenvalue weighted by molar-refractivity contribution is 7.80. The van der Waals surface area contributed by atoms with Crippen molar-refractivity contribution in [1.29, 1.82) is 0 Å². The molecule has 0 atom stereocenters. The molecule has 0 saturated heterocycles. The Balaban J connectivity index is 1.82. The molecule has 0 radical (unpaired) electrons. The molecule has 0 bridgehead atoms. The number of benzene rings is 1. The fourth-order valence-corrected chi connectivity index (χ4v) is 2.71. The second-order valence-corrected chi connectivity index (χ2v) is 6.59. The molecule has 1 aliphatic rings. The first kappa shape index (κ1) is 14.5. The number of hydrogen-bond acceptors (Lipinski definition) is 2. The maximum absolute atomic E-state index is 5.77. The van der Waals surface area contributed by atoms with Gasteiger partial charge >= 0.3 is 0 Å². The van der Waals surface area contributed by atoms with E-state index in [0.29, 0.717) is 4.99 Å². The highest BCUT2D eigenvalue weighted by Crippen LogP contribution is 2.24. The molecular formula is C16H24N2S. The molecule has 1 aliphatic heterocycles.